The summed E-state index contributed by atoms with van der Waals surface area (Å²) in [5.74, 6) is -0.0234. The van der Waals surface area contributed by atoms with Gasteiger partial charge in [0.15, 0.2) is 5.65 Å². The van der Waals surface area contributed by atoms with Crippen LogP contribution >= 0.6 is 23.2 Å². The standard InChI is InChI=1S/C19H15Cl2F3N4O/c20-14-5-3-11(8-15(14)21)18(29)27-7-1-2-12(9-27)17-26-25-16-6-4-13(10-28(16)17)19(22,23)24/h3-6,8,10,12H,1-2,7,9H2. The zero-order valence-electron chi connectivity index (χ0n) is 15.0. The molecule has 2 aromatic heterocycles. The highest BCUT2D eigenvalue weighted by atomic mass is 35.5. The SMILES string of the molecule is O=C(c1ccc(Cl)c(Cl)c1)N1CCCC(c2nnc3ccc(C(F)(F)F)cn23)C1. The van der Waals surface area contributed by atoms with Gasteiger partial charge in [-0.3, -0.25) is 9.20 Å². The van der Waals surface area contributed by atoms with Gasteiger partial charge in [-0.1, -0.05) is 23.2 Å². The van der Waals surface area contributed by atoms with Gasteiger partial charge in [0.25, 0.3) is 5.91 Å². The summed E-state index contributed by atoms with van der Waals surface area (Å²) in [5.41, 5.74) is -0.0305. The average molecular weight is 443 g/mol. The van der Waals surface area contributed by atoms with Gasteiger partial charge in [0, 0.05) is 30.8 Å². The first-order valence-corrected chi connectivity index (χ1v) is 9.66. The molecule has 3 aromatic rings. The normalized spacial score (nSPS) is 17.7. The van der Waals surface area contributed by atoms with Crippen molar-refractivity contribution in [2.45, 2.75) is 24.9 Å². The number of hydrogen-bond donors (Lipinski definition) is 0. The van der Waals surface area contributed by atoms with E-state index >= 15 is 0 Å². The third kappa shape index (κ3) is 3.91. The molecule has 0 saturated carbocycles. The number of amides is 1. The Bertz CT molecular complexity index is 1080. The van der Waals surface area contributed by atoms with Crippen LogP contribution in [0.4, 0.5) is 13.2 Å². The number of nitrogens with zero attached hydrogens (tertiary/aromatic N) is 4. The molecule has 3 heterocycles. The number of halogens is 5. The molecular weight excluding hydrogens is 428 g/mol. The number of fused-ring (bicyclic) bond motifs is 1. The fourth-order valence-corrected chi connectivity index (χ4v) is 3.84. The molecule has 0 radical (unpaired) electrons. The lowest BCUT2D eigenvalue weighted by molar-refractivity contribution is -0.137. The molecule has 0 bridgehead atoms. The molecule has 0 N–H and O–H groups in total. The quantitative estimate of drug-likeness (QED) is 0.556. The number of rotatable bonds is 2. The largest absolute Gasteiger partial charge is 0.417 e. The van der Waals surface area contributed by atoms with Crippen molar-refractivity contribution in [2.75, 3.05) is 13.1 Å². The first-order chi connectivity index (χ1) is 13.7. The minimum Gasteiger partial charge on any atom is -0.338 e. The van der Waals surface area contributed by atoms with Crippen molar-refractivity contribution in [1.82, 2.24) is 19.5 Å². The average Bonchev–Trinajstić information content (AvgIpc) is 3.12. The second kappa shape index (κ2) is 7.50. The zero-order chi connectivity index (χ0) is 20.8. The summed E-state index contributed by atoms with van der Waals surface area (Å²) in [5, 5.41) is 8.72. The van der Waals surface area contributed by atoms with Crippen molar-refractivity contribution < 1.29 is 18.0 Å². The highest BCUT2D eigenvalue weighted by molar-refractivity contribution is 6.42. The fraction of sp³-hybridized carbons (Fsp3) is 0.316. The van der Waals surface area contributed by atoms with Crippen molar-refractivity contribution in [3.05, 3.63) is 63.5 Å². The second-order valence-electron chi connectivity index (χ2n) is 6.92. The van der Waals surface area contributed by atoms with Crippen molar-refractivity contribution in [1.29, 1.82) is 0 Å². The van der Waals surface area contributed by atoms with E-state index in [0.29, 0.717) is 48.0 Å². The number of aromatic nitrogens is 3. The summed E-state index contributed by atoms with van der Waals surface area (Å²) >= 11 is 11.9. The Kier molecular flexibility index (Phi) is 5.16. The number of carbonyl (C=O) groups is 1. The molecule has 1 amide bonds. The third-order valence-electron chi connectivity index (χ3n) is 5.00. The number of benzene rings is 1. The van der Waals surface area contributed by atoms with Crippen molar-refractivity contribution in [3.8, 4) is 0 Å². The first kappa shape index (κ1) is 20.0. The summed E-state index contributed by atoms with van der Waals surface area (Å²) in [4.78, 5) is 14.5. The molecular formula is C19H15Cl2F3N4O. The minimum atomic E-state index is -4.46. The maximum atomic E-state index is 13.1. The third-order valence-corrected chi connectivity index (χ3v) is 5.74. The molecule has 0 aliphatic carbocycles. The van der Waals surface area contributed by atoms with Gasteiger partial charge in [-0.2, -0.15) is 13.2 Å². The van der Waals surface area contributed by atoms with Crippen LogP contribution in [-0.2, 0) is 6.18 Å². The van der Waals surface area contributed by atoms with Gasteiger partial charge in [-0.05, 0) is 43.2 Å². The molecule has 1 fully saturated rings. The smallest absolute Gasteiger partial charge is 0.338 e. The van der Waals surface area contributed by atoms with E-state index in [2.05, 4.69) is 10.2 Å². The molecule has 1 aliphatic heterocycles. The van der Waals surface area contributed by atoms with Crippen LogP contribution in [-0.4, -0.2) is 38.5 Å². The van der Waals surface area contributed by atoms with Crippen LogP contribution in [0.25, 0.3) is 5.65 Å². The Morgan fingerprint density at radius 2 is 1.90 bits per heavy atom. The van der Waals surface area contributed by atoms with E-state index in [1.807, 2.05) is 0 Å². The molecule has 152 valence electrons. The van der Waals surface area contributed by atoms with Crippen LogP contribution < -0.4 is 0 Å². The molecule has 1 atom stereocenters. The highest BCUT2D eigenvalue weighted by Crippen LogP contribution is 2.32. The van der Waals surface area contributed by atoms with Gasteiger partial charge in [-0.25, -0.2) is 0 Å². The van der Waals surface area contributed by atoms with Crippen molar-refractivity contribution in [2.24, 2.45) is 0 Å². The number of piperidine rings is 1. The molecule has 10 heteroatoms. The summed E-state index contributed by atoms with van der Waals surface area (Å²) in [6, 6.07) is 6.94. The van der Waals surface area contributed by atoms with Crippen molar-refractivity contribution >= 4 is 34.8 Å². The number of hydrogen-bond acceptors (Lipinski definition) is 3. The lowest BCUT2D eigenvalue weighted by atomic mass is 9.96. The topological polar surface area (TPSA) is 50.5 Å². The van der Waals surface area contributed by atoms with Crippen LogP contribution in [0.3, 0.4) is 0 Å². The van der Waals surface area contributed by atoms with Crippen LogP contribution in [0.5, 0.6) is 0 Å². The van der Waals surface area contributed by atoms with Crippen LogP contribution in [0.2, 0.25) is 10.0 Å². The number of likely N-dealkylation sites (tertiary alicyclic amines) is 1. The van der Waals surface area contributed by atoms with Crippen LogP contribution in [0, 0.1) is 0 Å². The van der Waals surface area contributed by atoms with Gasteiger partial charge in [0.1, 0.15) is 5.82 Å². The van der Waals surface area contributed by atoms with Crippen LogP contribution in [0.1, 0.15) is 40.5 Å². The van der Waals surface area contributed by atoms with Gasteiger partial charge in [-0.15, -0.1) is 10.2 Å². The molecule has 1 aliphatic rings. The monoisotopic (exact) mass is 442 g/mol. The Labute approximate surface area is 174 Å². The van der Waals surface area contributed by atoms with E-state index in [9.17, 15) is 18.0 Å². The van der Waals surface area contributed by atoms with Gasteiger partial charge >= 0.3 is 6.18 Å². The molecule has 0 spiro atoms. The Morgan fingerprint density at radius 1 is 1.10 bits per heavy atom. The highest BCUT2D eigenvalue weighted by Gasteiger charge is 2.33. The second-order valence-corrected chi connectivity index (χ2v) is 7.74. The lowest BCUT2D eigenvalue weighted by Crippen LogP contribution is -2.39. The van der Waals surface area contributed by atoms with E-state index in [1.54, 1.807) is 17.0 Å². The maximum absolute atomic E-state index is 13.1. The van der Waals surface area contributed by atoms with Gasteiger partial charge < -0.3 is 4.90 Å². The molecule has 29 heavy (non-hydrogen) atoms. The summed E-state index contributed by atoms with van der Waals surface area (Å²) in [6.45, 7) is 0.871. The molecule has 1 aromatic carbocycles. The molecule has 1 unspecified atom stereocenters. The Balaban J connectivity index is 1.61. The predicted molar refractivity (Wildman–Crippen MR) is 102 cm³/mol. The van der Waals surface area contributed by atoms with Crippen molar-refractivity contribution in [3.63, 3.8) is 0 Å². The van der Waals surface area contributed by atoms with E-state index in [-0.39, 0.29) is 16.8 Å². The number of carbonyl (C=O) groups excluding carboxylic acids is 1. The zero-order valence-corrected chi connectivity index (χ0v) is 16.5. The predicted octanol–water partition coefficient (Wildman–Crippen LogP) is 5.07. The van der Waals surface area contributed by atoms with E-state index in [1.165, 1.54) is 16.5 Å². The van der Waals surface area contributed by atoms with Gasteiger partial charge in [0.2, 0.25) is 0 Å². The Hall–Kier alpha value is -2.32. The van der Waals surface area contributed by atoms with Crippen LogP contribution in [0.15, 0.2) is 36.5 Å². The maximum Gasteiger partial charge on any atom is 0.417 e. The number of alkyl halides is 3. The van der Waals surface area contributed by atoms with E-state index in [0.717, 1.165) is 12.3 Å². The lowest BCUT2D eigenvalue weighted by Gasteiger charge is -2.32. The number of pyridine rings is 1. The summed E-state index contributed by atoms with van der Waals surface area (Å²) in [7, 11) is 0. The molecule has 1 saturated heterocycles. The molecule has 4 rings (SSSR count). The van der Waals surface area contributed by atoms with E-state index in [4.69, 9.17) is 23.2 Å². The fourth-order valence-electron chi connectivity index (χ4n) is 3.54. The van der Waals surface area contributed by atoms with Gasteiger partial charge in [0.05, 0.1) is 15.6 Å². The minimum absolute atomic E-state index is 0.210. The first-order valence-electron chi connectivity index (χ1n) is 8.90. The van der Waals surface area contributed by atoms with E-state index < -0.39 is 11.7 Å². The molecule has 5 nitrogen and oxygen atoms in total. The summed E-state index contributed by atoms with van der Waals surface area (Å²) < 4.78 is 40.6. The Morgan fingerprint density at radius 3 is 2.62 bits per heavy atom. The summed E-state index contributed by atoms with van der Waals surface area (Å²) in [6.07, 6.45) is -2.06.